The molecule has 94 valence electrons. The Morgan fingerprint density at radius 3 is 2.94 bits per heavy atom. The molecule has 0 bridgehead atoms. The van der Waals surface area contributed by atoms with E-state index in [1.807, 2.05) is 6.92 Å². The molecule has 0 aliphatic heterocycles. The molecule has 0 saturated carbocycles. The van der Waals surface area contributed by atoms with Crippen molar-refractivity contribution in [2.75, 3.05) is 29.1 Å². The monoisotopic (exact) mass is 257 g/mol. The van der Waals surface area contributed by atoms with Gasteiger partial charge in [0, 0.05) is 28.9 Å². The predicted octanol–water partition coefficient (Wildman–Crippen LogP) is 0.542. The molecular weight excluding hydrogens is 242 g/mol. The van der Waals surface area contributed by atoms with Gasteiger partial charge in [-0.05, 0) is 6.07 Å². The number of pyridine rings is 1. The molecule has 4 N–H and O–H groups in total. The Labute approximate surface area is 102 Å². The van der Waals surface area contributed by atoms with Crippen molar-refractivity contribution in [3.8, 4) is 0 Å². The number of nitrogens with zero attached hydrogens (tertiary/aromatic N) is 1. The Balaban J connectivity index is 2.63. The number of nitrogen functional groups attached to an aromatic ring is 1. The minimum Gasteiger partial charge on any atom is -0.478 e. The van der Waals surface area contributed by atoms with Crippen LogP contribution in [0.4, 0.5) is 11.5 Å². The number of carboxylic acids is 1. The molecule has 0 aromatic carbocycles. The maximum Gasteiger partial charge on any atom is 0.337 e. The van der Waals surface area contributed by atoms with Crippen molar-refractivity contribution in [3.05, 3.63) is 17.8 Å². The van der Waals surface area contributed by atoms with Crippen LogP contribution in [0.15, 0.2) is 12.3 Å². The second kappa shape index (κ2) is 6.19. The van der Waals surface area contributed by atoms with Gasteiger partial charge >= 0.3 is 5.97 Å². The quantitative estimate of drug-likeness (QED) is 0.687. The summed E-state index contributed by atoms with van der Waals surface area (Å²) in [6, 6.07) is 1.37. The van der Waals surface area contributed by atoms with Crippen molar-refractivity contribution in [1.29, 1.82) is 0 Å². The Morgan fingerprint density at radius 1 is 1.65 bits per heavy atom. The van der Waals surface area contributed by atoms with Crippen LogP contribution in [0.5, 0.6) is 0 Å². The normalized spacial score (nSPS) is 12.1. The van der Waals surface area contributed by atoms with E-state index in [0.717, 1.165) is 0 Å². The SMILES string of the molecule is CCS(=O)CCNc1cc(C(=O)O)c(N)cn1. The largest absolute Gasteiger partial charge is 0.478 e. The van der Waals surface area contributed by atoms with Crippen molar-refractivity contribution in [2.24, 2.45) is 0 Å². The molecule has 6 nitrogen and oxygen atoms in total. The van der Waals surface area contributed by atoms with Gasteiger partial charge in [0.25, 0.3) is 0 Å². The lowest BCUT2D eigenvalue weighted by molar-refractivity contribution is 0.0698. The summed E-state index contributed by atoms with van der Waals surface area (Å²) in [5.74, 6) is 0.442. The smallest absolute Gasteiger partial charge is 0.337 e. The number of hydrogen-bond donors (Lipinski definition) is 3. The number of hydrogen-bond acceptors (Lipinski definition) is 5. The van der Waals surface area contributed by atoms with Crippen molar-refractivity contribution in [2.45, 2.75) is 6.92 Å². The van der Waals surface area contributed by atoms with Crippen LogP contribution in [0.2, 0.25) is 0 Å². The van der Waals surface area contributed by atoms with Crippen molar-refractivity contribution in [3.63, 3.8) is 0 Å². The first kappa shape index (κ1) is 13.4. The van der Waals surface area contributed by atoms with Crippen LogP contribution < -0.4 is 11.1 Å². The fraction of sp³-hybridized carbons (Fsp3) is 0.400. The summed E-state index contributed by atoms with van der Waals surface area (Å²) in [5, 5.41) is 11.8. The van der Waals surface area contributed by atoms with Crippen LogP contribution >= 0.6 is 0 Å². The minimum atomic E-state index is -1.09. The third-order valence-corrected chi connectivity index (χ3v) is 3.43. The first-order valence-corrected chi connectivity index (χ1v) is 6.61. The fourth-order valence-electron chi connectivity index (χ4n) is 1.19. The molecule has 1 heterocycles. The number of nitrogens with two attached hydrogens (primary N) is 1. The average molecular weight is 257 g/mol. The summed E-state index contributed by atoms with van der Waals surface area (Å²) in [4.78, 5) is 14.8. The third kappa shape index (κ3) is 4.03. The first-order valence-electron chi connectivity index (χ1n) is 5.12. The van der Waals surface area contributed by atoms with Gasteiger partial charge in [-0.3, -0.25) is 4.21 Å². The Bertz CT molecular complexity index is 437. The van der Waals surface area contributed by atoms with E-state index in [0.29, 0.717) is 23.9 Å². The number of rotatable bonds is 6. The molecule has 0 radical (unpaired) electrons. The standard InChI is InChI=1S/C10H15N3O3S/c1-2-17(16)4-3-12-9-5-7(10(14)15)8(11)6-13-9/h5-6H,2-4,11H2,1H3,(H,12,13)(H,14,15). The number of aromatic nitrogens is 1. The fourth-order valence-corrected chi connectivity index (χ4v) is 1.80. The van der Waals surface area contributed by atoms with Gasteiger partial charge in [0.15, 0.2) is 0 Å². The number of nitrogens with one attached hydrogen (secondary N) is 1. The summed E-state index contributed by atoms with van der Waals surface area (Å²) in [5.41, 5.74) is 5.61. The number of anilines is 2. The second-order valence-corrected chi connectivity index (χ2v) is 5.19. The van der Waals surface area contributed by atoms with Gasteiger partial charge in [-0.15, -0.1) is 0 Å². The Hall–Kier alpha value is -1.63. The van der Waals surface area contributed by atoms with Gasteiger partial charge in [0.05, 0.1) is 17.4 Å². The molecule has 1 atom stereocenters. The lowest BCUT2D eigenvalue weighted by Crippen LogP contribution is -2.13. The van der Waals surface area contributed by atoms with Crippen LogP contribution in [0.3, 0.4) is 0 Å². The van der Waals surface area contributed by atoms with E-state index in [1.54, 1.807) is 0 Å². The molecule has 0 amide bonds. The molecule has 1 aromatic rings. The van der Waals surface area contributed by atoms with Crippen LogP contribution in [0.1, 0.15) is 17.3 Å². The minimum absolute atomic E-state index is 0.0131. The summed E-state index contributed by atoms with van der Waals surface area (Å²) in [6.07, 6.45) is 1.29. The van der Waals surface area contributed by atoms with Crippen LogP contribution in [-0.4, -0.2) is 38.3 Å². The zero-order valence-electron chi connectivity index (χ0n) is 9.47. The Kier molecular flexibility index (Phi) is 4.89. The zero-order chi connectivity index (χ0) is 12.8. The van der Waals surface area contributed by atoms with Gasteiger partial charge in [0.2, 0.25) is 0 Å². The van der Waals surface area contributed by atoms with E-state index in [2.05, 4.69) is 10.3 Å². The van der Waals surface area contributed by atoms with Gasteiger partial charge in [0.1, 0.15) is 5.82 Å². The van der Waals surface area contributed by atoms with E-state index < -0.39 is 16.8 Å². The van der Waals surface area contributed by atoms with Crippen LogP contribution in [0, 0.1) is 0 Å². The summed E-state index contributed by atoms with van der Waals surface area (Å²) in [7, 11) is -0.850. The van der Waals surface area contributed by atoms with E-state index >= 15 is 0 Å². The van der Waals surface area contributed by atoms with E-state index in [-0.39, 0.29) is 11.3 Å². The molecule has 1 aromatic heterocycles. The number of carbonyl (C=O) groups is 1. The van der Waals surface area contributed by atoms with Crippen LogP contribution in [0.25, 0.3) is 0 Å². The second-order valence-electron chi connectivity index (χ2n) is 3.32. The molecule has 7 heteroatoms. The molecule has 0 aliphatic carbocycles. The van der Waals surface area contributed by atoms with Gasteiger partial charge < -0.3 is 16.2 Å². The summed E-state index contributed by atoms with van der Waals surface area (Å²) >= 11 is 0. The molecule has 1 unspecified atom stereocenters. The van der Waals surface area contributed by atoms with Gasteiger partial charge in [-0.1, -0.05) is 6.92 Å². The molecular formula is C10H15N3O3S. The van der Waals surface area contributed by atoms with Gasteiger partial charge in [-0.2, -0.15) is 0 Å². The molecule has 0 spiro atoms. The van der Waals surface area contributed by atoms with Crippen molar-refractivity contribution in [1.82, 2.24) is 4.98 Å². The van der Waals surface area contributed by atoms with Gasteiger partial charge in [-0.25, -0.2) is 9.78 Å². The predicted molar refractivity (Wildman–Crippen MR) is 67.6 cm³/mol. The highest BCUT2D eigenvalue weighted by molar-refractivity contribution is 7.84. The molecule has 17 heavy (non-hydrogen) atoms. The number of carboxylic acid groups (broad SMARTS) is 1. The molecule has 1 rings (SSSR count). The highest BCUT2D eigenvalue weighted by atomic mass is 32.2. The molecule has 0 aliphatic rings. The highest BCUT2D eigenvalue weighted by Crippen LogP contribution is 2.14. The lowest BCUT2D eigenvalue weighted by Gasteiger charge is -2.07. The molecule has 0 saturated heterocycles. The molecule has 0 fully saturated rings. The average Bonchev–Trinajstić information content (AvgIpc) is 2.30. The highest BCUT2D eigenvalue weighted by Gasteiger charge is 2.09. The summed E-state index contributed by atoms with van der Waals surface area (Å²) < 4.78 is 11.2. The van der Waals surface area contributed by atoms with Crippen molar-refractivity contribution >= 4 is 28.3 Å². The zero-order valence-corrected chi connectivity index (χ0v) is 10.3. The number of aromatic carboxylic acids is 1. The maximum absolute atomic E-state index is 11.2. The topological polar surface area (TPSA) is 105 Å². The van der Waals surface area contributed by atoms with Crippen LogP contribution in [-0.2, 0) is 10.8 Å². The summed E-state index contributed by atoms with van der Waals surface area (Å²) in [6.45, 7) is 2.33. The van der Waals surface area contributed by atoms with E-state index in [9.17, 15) is 9.00 Å². The first-order chi connectivity index (χ1) is 8.04. The van der Waals surface area contributed by atoms with E-state index in [1.165, 1.54) is 12.3 Å². The lowest BCUT2D eigenvalue weighted by atomic mass is 10.2. The third-order valence-electron chi connectivity index (χ3n) is 2.12. The van der Waals surface area contributed by atoms with Crippen molar-refractivity contribution < 1.29 is 14.1 Å². The maximum atomic E-state index is 11.2. The Morgan fingerprint density at radius 2 is 2.35 bits per heavy atom. The van der Waals surface area contributed by atoms with E-state index in [4.69, 9.17) is 10.8 Å².